The van der Waals surface area contributed by atoms with E-state index in [9.17, 15) is 0 Å². The maximum atomic E-state index is 4.31. The first kappa shape index (κ1) is 21.8. The Bertz CT molecular complexity index is 477. The normalized spacial score (nSPS) is 13.4. The van der Waals surface area contributed by atoms with Gasteiger partial charge in [0.15, 0.2) is 0 Å². The fourth-order valence-electron chi connectivity index (χ4n) is 3.58. The Kier molecular flexibility index (Phi) is 11.4. The van der Waals surface area contributed by atoms with Gasteiger partial charge in [0.25, 0.3) is 0 Å². The zero-order valence-electron chi connectivity index (χ0n) is 17.2. The molecule has 1 aromatic carbocycles. The molecule has 1 heteroatoms. The molecule has 25 heavy (non-hydrogen) atoms. The van der Waals surface area contributed by atoms with Crippen molar-refractivity contribution < 1.29 is 0 Å². The average molecular weight is 344 g/mol. The standard InChI is InChI=1S/C24H41N/c1-6-10-13-21(8-3)17-18-22-14-12-16-24(19-22)25-20(5)23(9-4)15-11-7-2/h12,14,16,19,21,23,25H,5-11,13,15,17-18H2,1-4H3. The van der Waals surface area contributed by atoms with Gasteiger partial charge in [-0.1, -0.05) is 84.9 Å². The van der Waals surface area contributed by atoms with E-state index in [1.807, 2.05) is 0 Å². The summed E-state index contributed by atoms with van der Waals surface area (Å²) in [5.74, 6) is 1.46. The second-order valence-electron chi connectivity index (χ2n) is 7.55. The number of rotatable bonds is 14. The van der Waals surface area contributed by atoms with Gasteiger partial charge >= 0.3 is 0 Å². The molecule has 0 aliphatic heterocycles. The molecule has 0 aromatic heterocycles. The van der Waals surface area contributed by atoms with Gasteiger partial charge in [0.1, 0.15) is 0 Å². The first-order valence-corrected chi connectivity index (χ1v) is 10.7. The third-order valence-electron chi connectivity index (χ3n) is 5.51. The highest BCUT2D eigenvalue weighted by atomic mass is 14.9. The lowest BCUT2D eigenvalue weighted by atomic mass is 9.92. The molecule has 1 nitrogen and oxygen atoms in total. The smallest absolute Gasteiger partial charge is 0.0384 e. The van der Waals surface area contributed by atoms with Crippen LogP contribution in [0.3, 0.4) is 0 Å². The summed E-state index contributed by atoms with van der Waals surface area (Å²) in [4.78, 5) is 0. The largest absolute Gasteiger partial charge is 0.359 e. The molecule has 0 aliphatic rings. The summed E-state index contributed by atoms with van der Waals surface area (Å²) in [5, 5.41) is 3.58. The second kappa shape index (κ2) is 13.0. The summed E-state index contributed by atoms with van der Waals surface area (Å²) in [6, 6.07) is 8.96. The molecule has 0 saturated heterocycles. The van der Waals surface area contributed by atoms with Crippen LogP contribution in [0.2, 0.25) is 0 Å². The molecule has 2 unspecified atom stereocenters. The quantitative estimate of drug-likeness (QED) is 0.361. The van der Waals surface area contributed by atoms with E-state index in [-0.39, 0.29) is 0 Å². The van der Waals surface area contributed by atoms with E-state index in [1.165, 1.54) is 81.2 Å². The van der Waals surface area contributed by atoms with E-state index >= 15 is 0 Å². The van der Waals surface area contributed by atoms with Crippen molar-refractivity contribution in [3.63, 3.8) is 0 Å². The Balaban J connectivity index is 2.57. The summed E-state index contributed by atoms with van der Waals surface area (Å²) < 4.78 is 0. The van der Waals surface area contributed by atoms with Crippen LogP contribution in [0.4, 0.5) is 5.69 Å². The third-order valence-corrected chi connectivity index (χ3v) is 5.51. The molecular formula is C24H41N. The van der Waals surface area contributed by atoms with Crippen molar-refractivity contribution >= 4 is 5.69 Å². The Morgan fingerprint density at radius 3 is 2.32 bits per heavy atom. The van der Waals surface area contributed by atoms with Gasteiger partial charge in [-0.05, 0) is 55.2 Å². The van der Waals surface area contributed by atoms with Gasteiger partial charge < -0.3 is 5.32 Å². The predicted octanol–water partition coefficient (Wildman–Crippen LogP) is 7.98. The number of anilines is 1. The Morgan fingerprint density at radius 1 is 0.960 bits per heavy atom. The molecule has 0 amide bonds. The summed E-state index contributed by atoms with van der Waals surface area (Å²) in [5.41, 5.74) is 3.84. The summed E-state index contributed by atoms with van der Waals surface area (Å²) in [6.45, 7) is 13.5. The first-order valence-electron chi connectivity index (χ1n) is 10.7. The van der Waals surface area contributed by atoms with Gasteiger partial charge in [-0.25, -0.2) is 0 Å². The SMILES string of the molecule is C=C(Nc1cccc(CCC(CC)CCCC)c1)C(CC)CCCC. The van der Waals surface area contributed by atoms with Gasteiger partial charge in [0.2, 0.25) is 0 Å². The summed E-state index contributed by atoms with van der Waals surface area (Å²) >= 11 is 0. The molecule has 0 spiro atoms. The number of benzene rings is 1. The highest BCUT2D eigenvalue weighted by Crippen LogP contribution is 2.24. The Labute approximate surface area is 157 Å². The number of allylic oxidation sites excluding steroid dienone is 1. The number of aryl methyl sites for hydroxylation is 1. The average Bonchev–Trinajstić information content (AvgIpc) is 2.63. The highest BCUT2D eigenvalue weighted by molar-refractivity contribution is 5.50. The van der Waals surface area contributed by atoms with Crippen LogP contribution < -0.4 is 5.32 Å². The van der Waals surface area contributed by atoms with Gasteiger partial charge in [-0.15, -0.1) is 0 Å². The van der Waals surface area contributed by atoms with Crippen molar-refractivity contribution in [3.05, 3.63) is 42.1 Å². The van der Waals surface area contributed by atoms with Crippen LogP contribution in [-0.2, 0) is 6.42 Å². The molecule has 0 heterocycles. The minimum absolute atomic E-state index is 0.585. The summed E-state index contributed by atoms with van der Waals surface area (Å²) in [6.07, 6.45) is 12.8. The van der Waals surface area contributed by atoms with E-state index < -0.39 is 0 Å². The molecule has 1 N–H and O–H groups in total. The molecule has 0 aliphatic carbocycles. The molecule has 0 saturated carbocycles. The van der Waals surface area contributed by atoms with E-state index in [0.29, 0.717) is 5.92 Å². The topological polar surface area (TPSA) is 12.0 Å². The fraction of sp³-hybridized carbons (Fsp3) is 0.667. The first-order chi connectivity index (χ1) is 12.1. The number of nitrogens with one attached hydrogen (secondary N) is 1. The second-order valence-corrected chi connectivity index (χ2v) is 7.55. The minimum atomic E-state index is 0.585. The van der Waals surface area contributed by atoms with Crippen LogP contribution in [0.25, 0.3) is 0 Å². The molecule has 1 aromatic rings. The molecule has 0 bridgehead atoms. The minimum Gasteiger partial charge on any atom is -0.359 e. The van der Waals surface area contributed by atoms with Crippen LogP contribution in [0.15, 0.2) is 36.5 Å². The molecule has 1 rings (SSSR count). The summed E-state index contributed by atoms with van der Waals surface area (Å²) in [7, 11) is 0. The number of hydrogen-bond donors (Lipinski definition) is 1. The molecule has 142 valence electrons. The van der Waals surface area contributed by atoms with Crippen LogP contribution in [-0.4, -0.2) is 0 Å². The molecule has 0 radical (unpaired) electrons. The van der Waals surface area contributed by atoms with Gasteiger partial charge in [-0.3, -0.25) is 0 Å². The monoisotopic (exact) mass is 343 g/mol. The zero-order valence-corrected chi connectivity index (χ0v) is 17.2. The lowest BCUT2D eigenvalue weighted by Gasteiger charge is -2.20. The Morgan fingerprint density at radius 2 is 1.68 bits per heavy atom. The van der Waals surface area contributed by atoms with Gasteiger partial charge in [0.05, 0.1) is 0 Å². The lowest BCUT2D eigenvalue weighted by Crippen LogP contribution is -2.10. The van der Waals surface area contributed by atoms with Crippen LogP contribution in [0.5, 0.6) is 0 Å². The van der Waals surface area contributed by atoms with E-state index in [2.05, 4.69) is 63.9 Å². The van der Waals surface area contributed by atoms with Crippen LogP contribution >= 0.6 is 0 Å². The molecule has 2 atom stereocenters. The van der Waals surface area contributed by atoms with Crippen LogP contribution in [0.1, 0.15) is 91.0 Å². The van der Waals surface area contributed by atoms with E-state index in [1.54, 1.807) is 0 Å². The zero-order chi connectivity index (χ0) is 18.5. The van der Waals surface area contributed by atoms with Gasteiger partial charge in [-0.2, -0.15) is 0 Å². The van der Waals surface area contributed by atoms with Crippen molar-refractivity contribution in [2.45, 2.75) is 91.9 Å². The van der Waals surface area contributed by atoms with Crippen molar-refractivity contribution in [1.29, 1.82) is 0 Å². The highest BCUT2D eigenvalue weighted by Gasteiger charge is 2.11. The van der Waals surface area contributed by atoms with E-state index in [0.717, 1.165) is 5.92 Å². The molecular weight excluding hydrogens is 302 g/mol. The fourth-order valence-corrected chi connectivity index (χ4v) is 3.58. The van der Waals surface area contributed by atoms with Gasteiger partial charge in [0, 0.05) is 11.4 Å². The number of hydrogen-bond acceptors (Lipinski definition) is 1. The van der Waals surface area contributed by atoms with Crippen LogP contribution in [0, 0.1) is 11.8 Å². The van der Waals surface area contributed by atoms with Crippen molar-refractivity contribution in [2.24, 2.45) is 11.8 Å². The molecule has 0 fully saturated rings. The van der Waals surface area contributed by atoms with Crippen molar-refractivity contribution in [2.75, 3.05) is 5.32 Å². The third kappa shape index (κ3) is 8.61. The number of unbranched alkanes of at least 4 members (excludes halogenated alkanes) is 2. The van der Waals surface area contributed by atoms with Crippen molar-refractivity contribution in [3.8, 4) is 0 Å². The lowest BCUT2D eigenvalue weighted by molar-refractivity contribution is 0.422. The maximum absolute atomic E-state index is 4.31. The predicted molar refractivity (Wildman–Crippen MR) is 114 cm³/mol. The maximum Gasteiger partial charge on any atom is 0.0384 e. The van der Waals surface area contributed by atoms with E-state index in [4.69, 9.17) is 0 Å². The Hall–Kier alpha value is -1.24. The van der Waals surface area contributed by atoms with Crippen molar-refractivity contribution in [1.82, 2.24) is 0 Å².